The molecule has 0 spiro atoms. The van der Waals surface area contributed by atoms with Crippen molar-refractivity contribution in [1.82, 2.24) is 4.98 Å². The molecule has 0 radical (unpaired) electrons. The average Bonchev–Trinajstić information content (AvgIpc) is 2.62. The molecule has 0 aliphatic heterocycles. The number of benzene rings is 2. The maximum atomic E-state index is 12.9. The molecular weight excluding hydrogens is 341 g/mol. The van der Waals surface area contributed by atoms with Crippen molar-refractivity contribution < 1.29 is 12.8 Å². The summed E-state index contributed by atoms with van der Waals surface area (Å²) < 4.78 is 39.9. The molecule has 25 heavy (non-hydrogen) atoms. The highest BCUT2D eigenvalue weighted by Gasteiger charge is 2.13. The minimum atomic E-state index is -3.75. The minimum Gasteiger partial charge on any atom is -0.379 e. The van der Waals surface area contributed by atoms with E-state index in [4.69, 9.17) is 0 Å². The van der Waals surface area contributed by atoms with Crippen LogP contribution in [0.5, 0.6) is 0 Å². The van der Waals surface area contributed by atoms with Crippen LogP contribution in [0.15, 0.2) is 77.8 Å². The predicted molar refractivity (Wildman–Crippen MR) is 95.2 cm³/mol. The molecular formula is C18H16FN3O2S. The second-order valence-electron chi connectivity index (χ2n) is 5.31. The lowest BCUT2D eigenvalue weighted by Gasteiger charge is -2.10. The minimum absolute atomic E-state index is 0.00579. The maximum Gasteiger partial charge on any atom is 0.261 e. The molecule has 0 aliphatic rings. The van der Waals surface area contributed by atoms with Crippen molar-refractivity contribution >= 4 is 21.4 Å². The zero-order valence-electron chi connectivity index (χ0n) is 13.2. The van der Waals surface area contributed by atoms with Gasteiger partial charge in [-0.15, -0.1) is 0 Å². The molecule has 2 aromatic carbocycles. The van der Waals surface area contributed by atoms with Gasteiger partial charge in [0.05, 0.1) is 17.1 Å². The van der Waals surface area contributed by atoms with Crippen LogP contribution in [-0.4, -0.2) is 13.4 Å². The van der Waals surface area contributed by atoms with Gasteiger partial charge in [0.2, 0.25) is 0 Å². The van der Waals surface area contributed by atoms with Crippen LogP contribution >= 0.6 is 0 Å². The van der Waals surface area contributed by atoms with Gasteiger partial charge in [0.1, 0.15) is 5.82 Å². The summed E-state index contributed by atoms with van der Waals surface area (Å²) in [5, 5.41) is 3.21. The standard InChI is InChI=1S/C18H16FN3O2S/c19-14-4-10-18(11-5-14)25(23,24)22-16-8-6-15(7-9-16)21-13-17-3-1-2-12-20-17/h1-12,21-22H,13H2. The Kier molecular flexibility index (Phi) is 4.95. The number of aromatic nitrogens is 1. The molecule has 3 rings (SSSR count). The van der Waals surface area contributed by atoms with Gasteiger partial charge in [-0.1, -0.05) is 6.07 Å². The Morgan fingerprint density at radius 1 is 0.880 bits per heavy atom. The van der Waals surface area contributed by atoms with E-state index in [1.807, 2.05) is 18.2 Å². The summed E-state index contributed by atoms with van der Waals surface area (Å²) in [6, 6.07) is 17.2. The molecule has 1 heterocycles. The van der Waals surface area contributed by atoms with Gasteiger partial charge >= 0.3 is 0 Å². The lowest BCUT2D eigenvalue weighted by molar-refractivity contribution is 0.599. The zero-order valence-corrected chi connectivity index (χ0v) is 14.0. The van der Waals surface area contributed by atoms with Crippen LogP contribution in [0.25, 0.3) is 0 Å². The topological polar surface area (TPSA) is 71.1 Å². The van der Waals surface area contributed by atoms with Crippen molar-refractivity contribution in [2.45, 2.75) is 11.4 Å². The summed E-state index contributed by atoms with van der Waals surface area (Å²) in [6.45, 7) is 0.571. The first-order valence-corrected chi connectivity index (χ1v) is 9.03. The van der Waals surface area contributed by atoms with Crippen molar-refractivity contribution in [3.63, 3.8) is 0 Å². The fourth-order valence-electron chi connectivity index (χ4n) is 2.18. The first-order chi connectivity index (χ1) is 12.0. The highest BCUT2D eigenvalue weighted by Crippen LogP contribution is 2.19. The van der Waals surface area contributed by atoms with Gasteiger partial charge < -0.3 is 5.32 Å². The number of anilines is 2. The molecule has 0 amide bonds. The van der Waals surface area contributed by atoms with Crippen LogP contribution in [-0.2, 0) is 16.6 Å². The monoisotopic (exact) mass is 357 g/mol. The van der Waals surface area contributed by atoms with Crippen LogP contribution in [0.3, 0.4) is 0 Å². The number of hydrogen-bond donors (Lipinski definition) is 2. The van der Waals surface area contributed by atoms with E-state index < -0.39 is 15.8 Å². The van der Waals surface area contributed by atoms with Gasteiger partial charge in [-0.3, -0.25) is 9.71 Å². The number of sulfonamides is 1. The van der Waals surface area contributed by atoms with Crippen LogP contribution in [0.4, 0.5) is 15.8 Å². The fourth-order valence-corrected chi connectivity index (χ4v) is 3.24. The van der Waals surface area contributed by atoms with Gasteiger partial charge in [0.15, 0.2) is 0 Å². The Morgan fingerprint density at radius 2 is 1.56 bits per heavy atom. The van der Waals surface area contributed by atoms with Gasteiger partial charge in [-0.2, -0.15) is 0 Å². The molecule has 0 fully saturated rings. The third-order valence-corrected chi connectivity index (χ3v) is 4.86. The third-order valence-electron chi connectivity index (χ3n) is 3.46. The van der Waals surface area contributed by atoms with Crippen LogP contribution in [0, 0.1) is 5.82 Å². The Morgan fingerprint density at radius 3 is 2.20 bits per heavy atom. The quantitative estimate of drug-likeness (QED) is 0.707. The number of hydrogen-bond acceptors (Lipinski definition) is 4. The lowest BCUT2D eigenvalue weighted by atomic mass is 10.3. The molecule has 2 N–H and O–H groups in total. The maximum absolute atomic E-state index is 12.9. The second-order valence-corrected chi connectivity index (χ2v) is 6.99. The van der Waals surface area contributed by atoms with Crippen LogP contribution < -0.4 is 10.0 Å². The molecule has 1 aromatic heterocycles. The van der Waals surface area contributed by atoms with Gasteiger partial charge in [-0.25, -0.2) is 12.8 Å². The van der Waals surface area contributed by atoms with Crippen molar-refractivity contribution in [2.24, 2.45) is 0 Å². The zero-order chi connectivity index (χ0) is 17.7. The second kappa shape index (κ2) is 7.31. The van der Waals surface area contributed by atoms with E-state index in [0.717, 1.165) is 23.5 Å². The summed E-state index contributed by atoms with van der Waals surface area (Å²) in [5.41, 5.74) is 2.17. The van der Waals surface area contributed by atoms with Crippen LogP contribution in [0.2, 0.25) is 0 Å². The SMILES string of the molecule is O=S(=O)(Nc1ccc(NCc2ccccn2)cc1)c1ccc(F)cc1. The predicted octanol–water partition coefficient (Wildman–Crippen LogP) is 3.63. The molecule has 7 heteroatoms. The number of pyridine rings is 1. The Labute approximate surface area is 145 Å². The Hall–Kier alpha value is -2.93. The van der Waals surface area contributed by atoms with Gasteiger partial charge in [-0.05, 0) is 60.7 Å². The van der Waals surface area contributed by atoms with E-state index >= 15 is 0 Å². The molecule has 3 aromatic rings. The highest BCUT2D eigenvalue weighted by atomic mass is 32.2. The average molecular weight is 357 g/mol. The largest absolute Gasteiger partial charge is 0.379 e. The molecule has 0 saturated heterocycles. The summed E-state index contributed by atoms with van der Waals surface area (Å²) in [4.78, 5) is 4.22. The molecule has 5 nitrogen and oxygen atoms in total. The number of nitrogens with one attached hydrogen (secondary N) is 2. The molecule has 0 aliphatic carbocycles. The first kappa shape index (κ1) is 16.9. The van der Waals surface area contributed by atoms with Gasteiger partial charge in [0, 0.05) is 17.6 Å². The van der Waals surface area contributed by atoms with E-state index in [9.17, 15) is 12.8 Å². The van der Waals surface area contributed by atoms with Crippen molar-refractivity contribution in [2.75, 3.05) is 10.0 Å². The lowest BCUT2D eigenvalue weighted by Crippen LogP contribution is -2.12. The smallest absolute Gasteiger partial charge is 0.261 e. The Balaban J connectivity index is 1.65. The van der Waals surface area contributed by atoms with Crippen LogP contribution in [0.1, 0.15) is 5.69 Å². The molecule has 0 bridgehead atoms. The normalized spacial score (nSPS) is 11.1. The Bertz CT molecular complexity index is 928. The molecule has 128 valence electrons. The van der Waals surface area contributed by atoms with Crippen molar-refractivity contribution in [3.05, 3.63) is 84.4 Å². The van der Waals surface area contributed by atoms with Crippen molar-refractivity contribution in [1.29, 1.82) is 0 Å². The summed E-state index contributed by atoms with van der Waals surface area (Å²) >= 11 is 0. The van der Waals surface area contributed by atoms with E-state index in [2.05, 4.69) is 15.0 Å². The summed E-state index contributed by atoms with van der Waals surface area (Å²) in [6.07, 6.45) is 1.73. The van der Waals surface area contributed by atoms with E-state index in [1.165, 1.54) is 12.1 Å². The van der Waals surface area contributed by atoms with E-state index in [1.54, 1.807) is 30.5 Å². The molecule has 0 saturated carbocycles. The highest BCUT2D eigenvalue weighted by molar-refractivity contribution is 7.92. The summed E-state index contributed by atoms with van der Waals surface area (Å²) in [7, 11) is -3.75. The molecule has 0 atom stereocenters. The van der Waals surface area contributed by atoms with Gasteiger partial charge in [0.25, 0.3) is 10.0 Å². The van der Waals surface area contributed by atoms with E-state index in [0.29, 0.717) is 12.2 Å². The molecule has 0 unspecified atom stereocenters. The number of rotatable bonds is 6. The fraction of sp³-hybridized carbons (Fsp3) is 0.0556. The van der Waals surface area contributed by atoms with Crippen molar-refractivity contribution in [3.8, 4) is 0 Å². The first-order valence-electron chi connectivity index (χ1n) is 7.55. The number of nitrogens with zero attached hydrogens (tertiary/aromatic N) is 1. The third kappa shape index (κ3) is 4.54. The van der Waals surface area contributed by atoms with E-state index in [-0.39, 0.29) is 4.90 Å². The summed E-state index contributed by atoms with van der Waals surface area (Å²) in [5.74, 6) is -0.484. The number of halogens is 1.